The Morgan fingerprint density at radius 1 is 1.18 bits per heavy atom. The van der Waals surface area contributed by atoms with Gasteiger partial charge in [-0.15, -0.1) is 11.3 Å². The first kappa shape index (κ1) is 21.6. The molecule has 152 valence electrons. The van der Waals surface area contributed by atoms with E-state index in [4.69, 9.17) is 23.2 Å². The maximum absolute atomic E-state index is 12.7. The first-order valence-corrected chi connectivity index (χ1v) is 12.1. The number of rotatable bonds is 6. The summed E-state index contributed by atoms with van der Waals surface area (Å²) in [5.74, 6) is -0.192. The van der Waals surface area contributed by atoms with Crippen LogP contribution in [0.5, 0.6) is 0 Å². The molecule has 1 unspecified atom stereocenters. The maximum Gasteiger partial charge on any atom is 0.252 e. The molecule has 1 aromatic carbocycles. The van der Waals surface area contributed by atoms with Gasteiger partial charge in [-0.25, -0.2) is 8.42 Å². The number of nitrogens with zero attached hydrogens (tertiary/aromatic N) is 1. The van der Waals surface area contributed by atoms with Crippen LogP contribution in [0.4, 0.5) is 0 Å². The summed E-state index contributed by atoms with van der Waals surface area (Å²) in [5, 5.41) is 3.92. The average molecular weight is 461 g/mol. The molecule has 2 aromatic rings. The summed E-state index contributed by atoms with van der Waals surface area (Å²) in [6, 6.07) is 8.16. The fraction of sp³-hybridized carbons (Fsp3) is 0.421. The van der Waals surface area contributed by atoms with Crippen LogP contribution in [0.3, 0.4) is 0 Å². The van der Waals surface area contributed by atoms with Gasteiger partial charge in [0.1, 0.15) is 4.21 Å². The minimum Gasteiger partial charge on any atom is -0.349 e. The lowest BCUT2D eigenvalue weighted by Gasteiger charge is -2.25. The molecule has 0 radical (unpaired) electrons. The standard InChI is InChI=1S/C19H22Cl2N2O3S2/c1-13(16-7-5-14(20)11-17(16)21)22-18(24)12-15-6-8-19(27-15)28(25,26)23-9-3-2-4-10-23/h5-8,11,13H,2-4,9-10,12H2,1H3,(H,22,24). The smallest absolute Gasteiger partial charge is 0.252 e. The van der Waals surface area contributed by atoms with Crippen LogP contribution in [0.2, 0.25) is 10.0 Å². The molecule has 0 aliphatic carbocycles. The number of thiophene rings is 1. The molecule has 0 bridgehead atoms. The second-order valence-electron chi connectivity index (χ2n) is 6.82. The number of amides is 1. The summed E-state index contributed by atoms with van der Waals surface area (Å²) < 4.78 is 27.3. The third-order valence-electron chi connectivity index (χ3n) is 4.69. The van der Waals surface area contributed by atoms with Crippen LogP contribution in [-0.2, 0) is 21.2 Å². The van der Waals surface area contributed by atoms with Crippen LogP contribution < -0.4 is 5.32 Å². The van der Waals surface area contributed by atoms with Gasteiger partial charge in [-0.1, -0.05) is 35.7 Å². The maximum atomic E-state index is 12.7. The minimum atomic E-state index is -3.46. The molecular weight excluding hydrogens is 439 g/mol. The first-order chi connectivity index (χ1) is 13.3. The van der Waals surface area contributed by atoms with Gasteiger partial charge in [0, 0.05) is 28.0 Å². The zero-order valence-electron chi connectivity index (χ0n) is 15.5. The summed E-state index contributed by atoms with van der Waals surface area (Å²) in [6.45, 7) is 2.97. The summed E-state index contributed by atoms with van der Waals surface area (Å²) in [5.41, 5.74) is 0.777. The van der Waals surface area contributed by atoms with Crippen LogP contribution in [0, 0.1) is 0 Å². The Kier molecular flexibility index (Phi) is 7.04. The lowest BCUT2D eigenvalue weighted by Crippen LogP contribution is -2.35. The molecule has 3 rings (SSSR count). The number of carbonyl (C=O) groups excluding carboxylic acids is 1. The van der Waals surface area contributed by atoms with Crippen molar-refractivity contribution in [2.75, 3.05) is 13.1 Å². The van der Waals surface area contributed by atoms with E-state index in [1.165, 1.54) is 4.31 Å². The SMILES string of the molecule is CC(NC(=O)Cc1ccc(S(=O)(=O)N2CCCCC2)s1)c1ccc(Cl)cc1Cl. The number of piperidine rings is 1. The molecule has 1 atom stereocenters. The molecule has 1 aliphatic rings. The molecule has 0 spiro atoms. The number of benzene rings is 1. The largest absolute Gasteiger partial charge is 0.349 e. The highest BCUT2D eigenvalue weighted by Crippen LogP contribution is 2.28. The van der Waals surface area contributed by atoms with Crippen LogP contribution in [0.25, 0.3) is 0 Å². The van der Waals surface area contributed by atoms with E-state index in [1.54, 1.807) is 30.3 Å². The van der Waals surface area contributed by atoms with Gasteiger partial charge in [0.25, 0.3) is 10.0 Å². The number of halogens is 2. The molecule has 5 nitrogen and oxygen atoms in total. The van der Waals surface area contributed by atoms with Crippen LogP contribution >= 0.6 is 34.5 Å². The van der Waals surface area contributed by atoms with Crippen molar-refractivity contribution < 1.29 is 13.2 Å². The molecule has 0 saturated carbocycles. The second-order valence-corrected chi connectivity index (χ2v) is 11.0. The number of carbonyl (C=O) groups is 1. The zero-order valence-corrected chi connectivity index (χ0v) is 18.6. The number of hydrogen-bond acceptors (Lipinski definition) is 4. The van der Waals surface area contributed by atoms with Gasteiger partial charge in [-0.05, 0) is 49.6 Å². The molecule has 1 aromatic heterocycles. The van der Waals surface area contributed by atoms with Gasteiger partial charge in [-0.3, -0.25) is 4.79 Å². The van der Waals surface area contributed by atoms with Crippen molar-refractivity contribution in [3.63, 3.8) is 0 Å². The fourth-order valence-corrected chi connectivity index (χ4v) is 6.80. The third-order valence-corrected chi connectivity index (χ3v) is 8.70. The number of hydrogen-bond donors (Lipinski definition) is 1. The number of sulfonamides is 1. The Morgan fingerprint density at radius 2 is 1.89 bits per heavy atom. The van der Waals surface area contributed by atoms with Crippen molar-refractivity contribution in [2.24, 2.45) is 0 Å². The van der Waals surface area contributed by atoms with Crippen molar-refractivity contribution in [1.82, 2.24) is 9.62 Å². The Morgan fingerprint density at radius 3 is 2.57 bits per heavy atom. The highest BCUT2D eigenvalue weighted by atomic mass is 35.5. The van der Waals surface area contributed by atoms with Gasteiger partial charge in [0.05, 0.1) is 12.5 Å². The number of nitrogens with one attached hydrogen (secondary N) is 1. The van der Waals surface area contributed by atoms with Crippen LogP contribution in [0.1, 0.15) is 42.7 Å². The van der Waals surface area contributed by atoms with Crippen molar-refractivity contribution in [3.05, 3.63) is 50.8 Å². The molecule has 1 aliphatic heterocycles. The van der Waals surface area contributed by atoms with Crippen molar-refractivity contribution in [2.45, 2.75) is 42.9 Å². The van der Waals surface area contributed by atoms with Crippen molar-refractivity contribution in [1.29, 1.82) is 0 Å². The van der Waals surface area contributed by atoms with Crippen LogP contribution in [0.15, 0.2) is 34.5 Å². The summed E-state index contributed by atoms with van der Waals surface area (Å²) >= 11 is 13.3. The predicted octanol–water partition coefficient (Wildman–Crippen LogP) is 4.65. The molecule has 1 saturated heterocycles. The second kappa shape index (κ2) is 9.13. The zero-order chi connectivity index (χ0) is 20.3. The van der Waals surface area contributed by atoms with E-state index in [-0.39, 0.29) is 18.4 Å². The molecule has 1 amide bonds. The van der Waals surface area contributed by atoms with Crippen molar-refractivity contribution >= 4 is 50.5 Å². The topological polar surface area (TPSA) is 66.5 Å². The summed E-state index contributed by atoms with van der Waals surface area (Å²) in [6.07, 6.45) is 2.98. The van der Waals surface area contributed by atoms with E-state index >= 15 is 0 Å². The molecule has 1 N–H and O–H groups in total. The Hall–Kier alpha value is -1.12. The lowest BCUT2D eigenvalue weighted by atomic mass is 10.1. The van der Waals surface area contributed by atoms with Gasteiger partial charge in [0.2, 0.25) is 5.91 Å². The lowest BCUT2D eigenvalue weighted by molar-refractivity contribution is -0.121. The Balaban J connectivity index is 1.63. The van der Waals surface area contributed by atoms with E-state index in [0.717, 1.165) is 36.2 Å². The van der Waals surface area contributed by atoms with Gasteiger partial charge < -0.3 is 5.32 Å². The highest BCUT2D eigenvalue weighted by molar-refractivity contribution is 7.91. The Bertz CT molecular complexity index is 954. The normalized spacial score (nSPS) is 16.7. The molecule has 2 heterocycles. The quantitative estimate of drug-likeness (QED) is 0.681. The third kappa shape index (κ3) is 5.07. The molecular formula is C19H22Cl2N2O3S2. The Labute approximate surface area is 179 Å². The van der Waals surface area contributed by atoms with E-state index in [2.05, 4.69) is 5.32 Å². The summed E-state index contributed by atoms with van der Waals surface area (Å²) in [7, 11) is -3.46. The van der Waals surface area contributed by atoms with Crippen molar-refractivity contribution in [3.8, 4) is 0 Å². The van der Waals surface area contributed by atoms with E-state index < -0.39 is 10.0 Å². The average Bonchev–Trinajstić information content (AvgIpc) is 3.11. The molecule has 28 heavy (non-hydrogen) atoms. The monoisotopic (exact) mass is 460 g/mol. The van der Waals surface area contributed by atoms with E-state index in [1.807, 2.05) is 6.92 Å². The molecule has 1 fully saturated rings. The fourth-order valence-electron chi connectivity index (χ4n) is 3.21. The first-order valence-electron chi connectivity index (χ1n) is 9.10. The van der Waals surface area contributed by atoms with Gasteiger partial charge >= 0.3 is 0 Å². The van der Waals surface area contributed by atoms with Gasteiger partial charge in [-0.2, -0.15) is 4.31 Å². The molecule has 9 heteroatoms. The van der Waals surface area contributed by atoms with E-state index in [0.29, 0.717) is 32.2 Å². The van der Waals surface area contributed by atoms with Crippen LogP contribution in [-0.4, -0.2) is 31.7 Å². The van der Waals surface area contributed by atoms with E-state index in [9.17, 15) is 13.2 Å². The summed E-state index contributed by atoms with van der Waals surface area (Å²) in [4.78, 5) is 13.1. The highest BCUT2D eigenvalue weighted by Gasteiger charge is 2.27. The van der Waals surface area contributed by atoms with Gasteiger partial charge in [0.15, 0.2) is 0 Å². The predicted molar refractivity (Wildman–Crippen MR) is 114 cm³/mol. The minimum absolute atomic E-state index is 0.121.